The van der Waals surface area contributed by atoms with Crippen molar-refractivity contribution in [1.82, 2.24) is 10.7 Å². The van der Waals surface area contributed by atoms with Gasteiger partial charge in [0.1, 0.15) is 6.04 Å². The van der Waals surface area contributed by atoms with Crippen molar-refractivity contribution < 1.29 is 4.79 Å². The summed E-state index contributed by atoms with van der Waals surface area (Å²) in [4.78, 5) is 15.9. The summed E-state index contributed by atoms with van der Waals surface area (Å²) in [6.45, 7) is 0. The van der Waals surface area contributed by atoms with Crippen LogP contribution in [-0.2, 0) is 4.79 Å². The normalized spacial score (nSPS) is 21.6. The minimum absolute atomic E-state index is 0.117. The smallest absolute Gasteiger partial charge is 0.246 e. The van der Waals surface area contributed by atoms with Gasteiger partial charge in [-0.3, -0.25) is 15.5 Å². The van der Waals surface area contributed by atoms with Crippen molar-refractivity contribution in [3.8, 4) is 12.1 Å². The van der Waals surface area contributed by atoms with Crippen LogP contribution in [0.25, 0.3) is 0 Å². The Labute approximate surface area is 109 Å². The number of nitrogens with one attached hydrogen (secondary N) is 2. The lowest BCUT2D eigenvalue weighted by Crippen LogP contribution is -2.50. The Morgan fingerprint density at radius 3 is 2.53 bits per heavy atom. The molecule has 2 rings (SSSR count). The summed E-state index contributed by atoms with van der Waals surface area (Å²) in [5.41, 5.74) is 3.43. The molecule has 0 radical (unpaired) electrons. The first-order chi connectivity index (χ1) is 9.19. The van der Waals surface area contributed by atoms with Crippen LogP contribution < -0.4 is 16.6 Å². The number of hydrogen-bond acceptors (Lipinski definition) is 6. The van der Waals surface area contributed by atoms with E-state index in [4.69, 9.17) is 16.4 Å². The Kier molecular flexibility index (Phi) is 3.42. The molecule has 2 unspecified atom stereocenters. The number of nitrogens with two attached hydrogens (primary N) is 1. The molecular weight excluding hydrogens is 244 g/mol. The number of carbonyl (C=O) groups excluding carboxylic acids is 1. The van der Waals surface area contributed by atoms with E-state index in [1.54, 1.807) is 24.3 Å². The molecule has 94 valence electrons. The number of guanidine groups is 1. The summed E-state index contributed by atoms with van der Waals surface area (Å²) in [5.74, 6) is 3.95. The van der Waals surface area contributed by atoms with Crippen LogP contribution in [0.3, 0.4) is 0 Å². The van der Waals surface area contributed by atoms with Crippen LogP contribution in [0, 0.1) is 28.6 Å². The van der Waals surface area contributed by atoms with Gasteiger partial charge in [-0.25, -0.2) is 10.8 Å². The average Bonchev–Trinajstić information content (AvgIpc) is 2.46. The summed E-state index contributed by atoms with van der Waals surface area (Å²) in [5, 5.41) is 20.2. The fraction of sp³-hybridized carbons (Fsp3) is 0.167. The van der Waals surface area contributed by atoms with E-state index in [2.05, 4.69) is 15.7 Å². The van der Waals surface area contributed by atoms with E-state index in [1.807, 2.05) is 12.1 Å². The van der Waals surface area contributed by atoms with E-state index in [0.29, 0.717) is 11.1 Å². The minimum atomic E-state index is -0.926. The van der Waals surface area contributed by atoms with Gasteiger partial charge in [-0.2, -0.15) is 10.5 Å². The highest BCUT2D eigenvalue weighted by molar-refractivity contribution is 6.01. The number of carbonyl (C=O) groups is 1. The van der Waals surface area contributed by atoms with E-state index in [-0.39, 0.29) is 5.96 Å². The number of rotatable bonds is 1. The summed E-state index contributed by atoms with van der Waals surface area (Å²) >= 11 is 0. The zero-order chi connectivity index (χ0) is 13.8. The number of nitrogens with zero attached hydrogens (tertiary/aromatic N) is 3. The molecule has 7 nitrogen and oxygen atoms in total. The molecule has 1 aliphatic rings. The van der Waals surface area contributed by atoms with Gasteiger partial charge in [-0.15, -0.1) is 0 Å². The zero-order valence-electron chi connectivity index (χ0n) is 9.79. The monoisotopic (exact) mass is 254 g/mol. The van der Waals surface area contributed by atoms with Gasteiger partial charge in [0.05, 0.1) is 17.7 Å². The van der Waals surface area contributed by atoms with Crippen molar-refractivity contribution in [3.05, 3.63) is 35.4 Å². The number of benzene rings is 1. The molecule has 0 aliphatic carbocycles. The largest absolute Gasteiger partial charge is 0.294 e. The molecule has 0 saturated carbocycles. The van der Waals surface area contributed by atoms with E-state index in [1.165, 1.54) is 0 Å². The Morgan fingerprint density at radius 2 is 2.00 bits per heavy atom. The lowest BCUT2D eigenvalue weighted by atomic mass is 9.92. The van der Waals surface area contributed by atoms with Gasteiger partial charge >= 0.3 is 0 Å². The topological polar surface area (TPSA) is 127 Å². The van der Waals surface area contributed by atoms with Crippen molar-refractivity contribution in [3.63, 3.8) is 0 Å². The van der Waals surface area contributed by atoms with Gasteiger partial charge < -0.3 is 0 Å². The summed E-state index contributed by atoms with van der Waals surface area (Å²) in [6.07, 6.45) is 0. The zero-order valence-corrected chi connectivity index (χ0v) is 9.79. The molecule has 19 heavy (non-hydrogen) atoms. The molecule has 0 fully saturated rings. The molecule has 4 N–H and O–H groups in total. The summed E-state index contributed by atoms with van der Waals surface area (Å²) in [6, 6.07) is 9.85. The number of hydrazine groups is 1. The lowest BCUT2D eigenvalue weighted by molar-refractivity contribution is -0.123. The SMILES string of the molecule is N#Cc1ccc(C2N=C(NN)NC(=O)C2C#N)cc1. The van der Waals surface area contributed by atoms with Crippen LogP contribution in [-0.4, -0.2) is 11.9 Å². The number of aliphatic imine (C=N–C) groups is 1. The van der Waals surface area contributed by atoms with Crippen LogP contribution in [0.2, 0.25) is 0 Å². The predicted octanol–water partition coefficient (Wildman–Crippen LogP) is -0.312. The molecule has 0 aromatic heterocycles. The highest BCUT2D eigenvalue weighted by Gasteiger charge is 2.34. The van der Waals surface area contributed by atoms with Crippen LogP contribution >= 0.6 is 0 Å². The fourth-order valence-corrected chi connectivity index (χ4v) is 1.81. The standard InChI is InChI=1S/C12H10N6O/c13-5-7-1-3-8(4-2-7)10-9(6-14)11(19)17-12(16-10)18-15/h1-4,9-10H,15H2,(H2,16,17,18,19). The Hall–Kier alpha value is -2.90. The highest BCUT2D eigenvalue weighted by atomic mass is 16.2. The fourth-order valence-electron chi connectivity index (χ4n) is 1.81. The summed E-state index contributed by atoms with van der Waals surface area (Å²) < 4.78 is 0. The first kappa shape index (κ1) is 12.6. The van der Waals surface area contributed by atoms with E-state index in [0.717, 1.165) is 0 Å². The van der Waals surface area contributed by atoms with Crippen LogP contribution in [0.1, 0.15) is 17.2 Å². The third kappa shape index (κ3) is 2.37. The van der Waals surface area contributed by atoms with Gasteiger partial charge in [0.15, 0.2) is 5.92 Å². The maximum absolute atomic E-state index is 11.7. The Morgan fingerprint density at radius 1 is 1.32 bits per heavy atom. The molecule has 1 amide bonds. The van der Waals surface area contributed by atoms with Crippen molar-refractivity contribution in [1.29, 1.82) is 10.5 Å². The Bertz CT molecular complexity index is 607. The number of nitriles is 2. The second kappa shape index (κ2) is 5.17. The predicted molar refractivity (Wildman–Crippen MR) is 65.9 cm³/mol. The third-order valence-electron chi connectivity index (χ3n) is 2.77. The van der Waals surface area contributed by atoms with Crippen LogP contribution in [0.4, 0.5) is 0 Å². The molecule has 1 aliphatic heterocycles. The first-order valence-electron chi connectivity index (χ1n) is 5.44. The molecule has 0 saturated heterocycles. The Balaban J connectivity index is 2.41. The van der Waals surface area contributed by atoms with Gasteiger partial charge in [0.25, 0.3) is 0 Å². The highest BCUT2D eigenvalue weighted by Crippen LogP contribution is 2.28. The molecule has 0 bridgehead atoms. The van der Waals surface area contributed by atoms with Gasteiger partial charge in [-0.1, -0.05) is 12.1 Å². The van der Waals surface area contributed by atoms with Crippen molar-refractivity contribution in [2.24, 2.45) is 16.8 Å². The van der Waals surface area contributed by atoms with E-state index < -0.39 is 17.9 Å². The molecule has 1 heterocycles. The van der Waals surface area contributed by atoms with Crippen molar-refractivity contribution in [2.45, 2.75) is 6.04 Å². The van der Waals surface area contributed by atoms with Crippen molar-refractivity contribution >= 4 is 11.9 Å². The maximum atomic E-state index is 11.7. The van der Waals surface area contributed by atoms with Crippen LogP contribution in [0.15, 0.2) is 29.3 Å². The summed E-state index contributed by atoms with van der Waals surface area (Å²) in [7, 11) is 0. The molecule has 2 atom stereocenters. The second-order valence-corrected chi connectivity index (χ2v) is 3.90. The average molecular weight is 254 g/mol. The third-order valence-corrected chi connectivity index (χ3v) is 2.77. The number of amides is 1. The van der Waals surface area contributed by atoms with Crippen LogP contribution in [0.5, 0.6) is 0 Å². The lowest BCUT2D eigenvalue weighted by Gasteiger charge is -2.24. The van der Waals surface area contributed by atoms with Gasteiger partial charge in [0, 0.05) is 0 Å². The second-order valence-electron chi connectivity index (χ2n) is 3.90. The molecule has 0 spiro atoms. The number of hydrogen-bond donors (Lipinski definition) is 3. The minimum Gasteiger partial charge on any atom is -0.294 e. The quantitative estimate of drug-likeness (QED) is 0.468. The molecular formula is C12H10N6O. The first-order valence-corrected chi connectivity index (χ1v) is 5.44. The van der Waals surface area contributed by atoms with E-state index >= 15 is 0 Å². The van der Waals surface area contributed by atoms with E-state index in [9.17, 15) is 4.79 Å². The molecule has 1 aromatic rings. The molecule has 7 heteroatoms. The van der Waals surface area contributed by atoms with Crippen molar-refractivity contribution in [2.75, 3.05) is 0 Å². The maximum Gasteiger partial charge on any atom is 0.246 e. The van der Waals surface area contributed by atoms with Gasteiger partial charge in [0.2, 0.25) is 11.9 Å². The molecule has 1 aromatic carbocycles. The van der Waals surface area contributed by atoms with Gasteiger partial charge in [-0.05, 0) is 17.7 Å².